The van der Waals surface area contributed by atoms with Crippen LogP contribution in [0.4, 0.5) is 5.82 Å². The average molecular weight is 512 g/mol. The molecule has 1 unspecified atom stereocenters. The van der Waals surface area contributed by atoms with Crippen LogP contribution < -0.4 is 9.64 Å². The molecule has 4 aromatic rings. The number of aldehydes is 1. The number of tetrazole rings is 1. The van der Waals surface area contributed by atoms with E-state index in [1.807, 2.05) is 0 Å². The zero-order chi connectivity index (χ0) is 22.6. The van der Waals surface area contributed by atoms with Gasteiger partial charge in [-0.2, -0.15) is 19.7 Å². The summed E-state index contributed by atoms with van der Waals surface area (Å²) in [5.41, 5.74) is 0.681. The summed E-state index contributed by atoms with van der Waals surface area (Å²) in [6, 6.07) is 3.55. The highest BCUT2D eigenvalue weighted by atomic mass is 79.9. The van der Waals surface area contributed by atoms with Crippen LogP contribution >= 0.6 is 15.9 Å². The molecule has 0 aromatic carbocycles. The molecule has 0 radical (unpaired) electrons. The molecular weight excluding hydrogens is 494 g/mol. The molecule has 1 atom stereocenters. The van der Waals surface area contributed by atoms with E-state index in [-0.39, 0.29) is 18.6 Å². The van der Waals surface area contributed by atoms with Gasteiger partial charge in [-0.3, -0.25) is 4.79 Å². The van der Waals surface area contributed by atoms with E-state index in [2.05, 4.69) is 61.5 Å². The SMILES string of the molecule is O=Cc1ncc(Br)c(N2CCCCC2n2ncc(COc3ccc(-n4cnnn4)nc3)n2)n1. The van der Waals surface area contributed by atoms with Crippen molar-refractivity contribution in [2.45, 2.75) is 32.0 Å². The maximum Gasteiger partial charge on any atom is 0.194 e. The summed E-state index contributed by atoms with van der Waals surface area (Å²) in [6.07, 6.45) is 9.75. The number of anilines is 1. The number of carbonyl (C=O) groups is 1. The Kier molecular flexibility index (Phi) is 5.97. The van der Waals surface area contributed by atoms with E-state index in [4.69, 9.17) is 4.74 Å². The summed E-state index contributed by atoms with van der Waals surface area (Å²) in [5, 5.41) is 20.1. The summed E-state index contributed by atoms with van der Waals surface area (Å²) in [4.78, 5) is 27.6. The first-order valence-electron chi connectivity index (χ1n) is 10.2. The minimum absolute atomic E-state index is 0.129. The number of piperidine rings is 1. The maximum absolute atomic E-state index is 11.2. The number of hydrogen-bond acceptors (Lipinski definition) is 11. The molecule has 0 aliphatic carbocycles. The van der Waals surface area contributed by atoms with Gasteiger partial charge >= 0.3 is 0 Å². The van der Waals surface area contributed by atoms with Crippen LogP contribution in [0.5, 0.6) is 5.75 Å². The molecule has 1 saturated heterocycles. The predicted molar refractivity (Wildman–Crippen MR) is 117 cm³/mol. The summed E-state index contributed by atoms with van der Waals surface area (Å²) < 4.78 is 7.98. The molecule has 0 spiro atoms. The minimum Gasteiger partial charge on any atom is -0.486 e. The predicted octanol–water partition coefficient (Wildman–Crippen LogP) is 1.78. The highest BCUT2D eigenvalue weighted by Crippen LogP contribution is 2.33. The third kappa shape index (κ3) is 4.55. The summed E-state index contributed by atoms with van der Waals surface area (Å²) >= 11 is 3.50. The van der Waals surface area contributed by atoms with Crippen molar-refractivity contribution in [3.8, 4) is 11.6 Å². The fourth-order valence-corrected chi connectivity index (χ4v) is 3.99. The average Bonchev–Trinajstić information content (AvgIpc) is 3.56. The molecule has 168 valence electrons. The quantitative estimate of drug-likeness (QED) is 0.334. The third-order valence-electron chi connectivity index (χ3n) is 5.11. The number of pyridine rings is 1. The van der Waals surface area contributed by atoms with Gasteiger partial charge in [-0.05, 0) is 57.8 Å². The van der Waals surface area contributed by atoms with Gasteiger partial charge in [0, 0.05) is 12.7 Å². The number of ether oxygens (including phenoxy) is 1. The van der Waals surface area contributed by atoms with Crippen LogP contribution in [0.1, 0.15) is 41.7 Å². The van der Waals surface area contributed by atoms with Crippen molar-refractivity contribution < 1.29 is 9.53 Å². The lowest BCUT2D eigenvalue weighted by molar-refractivity contribution is 0.111. The van der Waals surface area contributed by atoms with Crippen molar-refractivity contribution in [1.29, 1.82) is 0 Å². The zero-order valence-electron chi connectivity index (χ0n) is 17.3. The molecule has 4 aromatic heterocycles. The molecule has 14 heteroatoms. The van der Waals surface area contributed by atoms with Crippen molar-refractivity contribution in [2.24, 2.45) is 0 Å². The van der Waals surface area contributed by atoms with Crippen LogP contribution in [-0.2, 0) is 6.61 Å². The van der Waals surface area contributed by atoms with Crippen molar-refractivity contribution in [2.75, 3.05) is 11.4 Å². The Morgan fingerprint density at radius 1 is 1.18 bits per heavy atom. The van der Waals surface area contributed by atoms with Gasteiger partial charge in [0.2, 0.25) is 0 Å². The Balaban J connectivity index is 1.28. The normalized spacial score (nSPS) is 16.0. The van der Waals surface area contributed by atoms with E-state index in [1.54, 1.807) is 35.5 Å². The lowest BCUT2D eigenvalue weighted by Gasteiger charge is -2.36. The Morgan fingerprint density at radius 2 is 2.12 bits per heavy atom. The number of nitrogens with zero attached hydrogens (tertiary/aromatic N) is 11. The number of rotatable bonds is 7. The minimum atomic E-state index is -0.129. The van der Waals surface area contributed by atoms with Crippen molar-refractivity contribution in [3.05, 3.63) is 53.0 Å². The number of halogens is 1. The fraction of sp³-hybridized carbons (Fsp3) is 0.316. The van der Waals surface area contributed by atoms with Gasteiger partial charge in [-0.1, -0.05) is 0 Å². The third-order valence-corrected chi connectivity index (χ3v) is 5.67. The van der Waals surface area contributed by atoms with Gasteiger partial charge in [0.1, 0.15) is 36.4 Å². The van der Waals surface area contributed by atoms with Gasteiger partial charge in [0.25, 0.3) is 0 Å². The number of carbonyl (C=O) groups excluding carboxylic acids is 1. The second-order valence-electron chi connectivity index (χ2n) is 7.24. The first-order valence-corrected chi connectivity index (χ1v) is 11.0. The standard InChI is InChI=1S/C19H18BrN11O2/c20-15-9-21-16(10-32)25-19(15)29-6-2-1-3-18(29)31-24-7-13(26-31)11-33-14-4-5-17(22-8-14)30-12-23-27-28-30/h4-5,7-10,12,18H,1-3,6,11H2. The molecule has 5 rings (SSSR count). The van der Waals surface area contributed by atoms with Crippen LogP contribution in [0.15, 0.2) is 41.5 Å². The van der Waals surface area contributed by atoms with E-state index in [0.717, 1.165) is 25.8 Å². The molecule has 33 heavy (non-hydrogen) atoms. The zero-order valence-corrected chi connectivity index (χ0v) is 18.9. The monoisotopic (exact) mass is 511 g/mol. The van der Waals surface area contributed by atoms with Gasteiger partial charge < -0.3 is 9.64 Å². The molecule has 13 nitrogen and oxygen atoms in total. The molecule has 0 saturated carbocycles. The smallest absolute Gasteiger partial charge is 0.194 e. The molecule has 0 bridgehead atoms. The second kappa shape index (κ2) is 9.36. The molecule has 1 aliphatic rings. The molecule has 0 amide bonds. The van der Waals surface area contributed by atoms with E-state index in [9.17, 15) is 4.79 Å². The van der Waals surface area contributed by atoms with Gasteiger partial charge in [0.15, 0.2) is 17.9 Å². The summed E-state index contributed by atoms with van der Waals surface area (Å²) in [5.74, 6) is 1.97. The Labute approximate surface area is 195 Å². The lowest BCUT2D eigenvalue weighted by Crippen LogP contribution is -2.39. The van der Waals surface area contributed by atoms with E-state index >= 15 is 0 Å². The summed E-state index contributed by atoms with van der Waals surface area (Å²) in [6.45, 7) is 1.01. The van der Waals surface area contributed by atoms with Gasteiger partial charge in [-0.25, -0.2) is 15.0 Å². The van der Waals surface area contributed by atoms with Crippen LogP contribution in [0.25, 0.3) is 5.82 Å². The molecular formula is C19H18BrN11O2. The van der Waals surface area contributed by atoms with Crippen molar-refractivity contribution >= 4 is 28.0 Å². The topological polar surface area (TPSA) is 143 Å². The first-order chi connectivity index (χ1) is 16.2. The van der Waals surface area contributed by atoms with E-state index < -0.39 is 0 Å². The van der Waals surface area contributed by atoms with Crippen LogP contribution in [0, 0.1) is 0 Å². The maximum atomic E-state index is 11.2. The molecule has 1 aliphatic heterocycles. The van der Waals surface area contributed by atoms with Crippen LogP contribution in [0.3, 0.4) is 0 Å². The first kappa shape index (κ1) is 21.1. The van der Waals surface area contributed by atoms with Crippen LogP contribution in [-0.4, -0.2) is 63.0 Å². The molecule has 1 fully saturated rings. The molecule has 5 heterocycles. The van der Waals surface area contributed by atoms with E-state index in [1.165, 1.54) is 11.0 Å². The highest BCUT2D eigenvalue weighted by Gasteiger charge is 2.28. The number of aromatic nitrogens is 10. The van der Waals surface area contributed by atoms with Crippen molar-refractivity contribution in [3.63, 3.8) is 0 Å². The molecule has 0 N–H and O–H groups in total. The largest absolute Gasteiger partial charge is 0.486 e. The Bertz CT molecular complexity index is 1230. The Morgan fingerprint density at radius 3 is 2.91 bits per heavy atom. The fourth-order valence-electron chi connectivity index (χ4n) is 3.57. The highest BCUT2D eigenvalue weighted by molar-refractivity contribution is 9.10. The lowest BCUT2D eigenvalue weighted by atomic mass is 10.1. The van der Waals surface area contributed by atoms with Crippen LogP contribution in [0.2, 0.25) is 0 Å². The number of hydrogen-bond donors (Lipinski definition) is 0. The summed E-state index contributed by atoms with van der Waals surface area (Å²) in [7, 11) is 0. The van der Waals surface area contributed by atoms with E-state index in [0.29, 0.717) is 33.8 Å². The van der Waals surface area contributed by atoms with Crippen molar-refractivity contribution in [1.82, 2.24) is 50.2 Å². The second-order valence-corrected chi connectivity index (χ2v) is 8.09. The Hall–Kier alpha value is -3.81. The van der Waals surface area contributed by atoms with Gasteiger partial charge in [0.05, 0.1) is 16.9 Å². The van der Waals surface area contributed by atoms with Gasteiger partial charge in [-0.15, -0.1) is 5.10 Å².